The Labute approximate surface area is 93.1 Å². The van der Waals surface area contributed by atoms with Crippen LogP contribution in [0.2, 0.25) is 0 Å². The lowest BCUT2D eigenvalue weighted by atomic mass is 10.1. The van der Waals surface area contributed by atoms with Crippen LogP contribution in [0.5, 0.6) is 0 Å². The standard InChI is InChI=1S/C11H22N2S/c1-4-13(9(2)3)6-5-10-7-11(14)8-12-10/h9-10,12H,4-8H2,1-3H3. The van der Waals surface area contributed by atoms with E-state index in [1.165, 1.54) is 17.8 Å². The number of hydrogen-bond donors (Lipinski definition) is 1. The summed E-state index contributed by atoms with van der Waals surface area (Å²) in [6.07, 6.45) is 2.33. The zero-order valence-electron chi connectivity index (χ0n) is 9.55. The lowest BCUT2D eigenvalue weighted by Gasteiger charge is -2.25. The van der Waals surface area contributed by atoms with E-state index in [0.717, 1.165) is 19.5 Å². The van der Waals surface area contributed by atoms with Crippen molar-refractivity contribution in [1.29, 1.82) is 0 Å². The molecule has 1 heterocycles. The van der Waals surface area contributed by atoms with Crippen molar-refractivity contribution in [3.8, 4) is 0 Å². The Morgan fingerprint density at radius 2 is 2.29 bits per heavy atom. The molecule has 0 aromatic heterocycles. The summed E-state index contributed by atoms with van der Waals surface area (Å²) < 4.78 is 0. The summed E-state index contributed by atoms with van der Waals surface area (Å²) in [6.45, 7) is 10.0. The zero-order valence-corrected chi connectivity index (χ0v) is 10.4. The largest absolute Gasteiger partial charge is 0.309 e. The summed E-state index contributed by atoms with van der Waals surface area (Å²) in [4.78, 5) is 3.70. The summed E-state index contributed by atoms with van der Waals surface area (Å²) in [7, 11) is 0. The van der Waals surface area contributed by atoms with Crippen molar-refractivity contribution in [2.24, 2.45) is 0 Å². The summed E-state index contributed by atoms with van der Waals surface area (Å²) in [5.41, 5.74) is 0. The van der Waals surface area contributed by atoms with E-state index >= 15 is 0 Å². The van der Waals surface area contributed by atoms with Gasteiger partial charge >= 0.3 is 0 Å². The molecule has 0 aromatic rings. The first-order valence-corrected chi connectivity index (χ1v) is 6.03. The van der Waals surface area contributed by atoms with Crippen LogP contribution in [-0.2, 0) is 0 Å². The molecular weight excluding hydrogens is 192 g/mol. The smallest absolute Gasteiger partial charge is 0.0272 e. The molecule has 0 saturated carbocycles. The van der Waals surface area contributed by atoms with Crippen molar-refractivity contribution in [2.75, 3.05) is 19.6 Å². The Hall–Kier alpha value is 0.01000. The normalized spacial score (nSPS) is 22.6. The number of nitrogens with zero attached hydrogens (tertiary/aromatic N) is 1. The third-order valence-electron chi connectivity index (χ3n) is 2.96. The maximum Gasteiger partial charge on any atom is 0.0272 e. The molecule has 2 nitrogen and oxygen atoms in total. The van der Waals surface area contributed by atoms with Gasteiger partial charge in [-0.25, -0.2) is 0 Å². The monoisotopic (exact) mass is 214 g/mol. The minimum Gasteiger partial charge on any atom is -0.309 e. The van der Waals surface area contributed by atoms with Crippen molar-refractivity contribution in [1.82, 2.24) is 10.2 Å². The van der Waals surface area contributed by atoms with Gasteiger partial charge in [0, 0.05) is 23.5 Å². The summed E-state index contributed by atoms with van der Waals surface area (Å²) >= 11 is 5.18. The van der Waals surface area contributed by atoms with E-state index in [1.54, 1.807) is 0 Å². The van der Waals surface area contributed by atoms with Gasteiger partial charge in [-0.05, 0) is 39.8 Å². The molecule has 0 bridgehead atoms. The predicted molar refractivity (Wildman–Crippen MR) is 66.0 cm³/mol. The summed E-state index contributed by atoms with van der Waals surface area (Å²) in [5.74, 6) is 0. The third-order valence-corrected chi connectivity index (χ3v) is 3.27. The molecule has 1 rings (SSSR count). The first-order chi connectivity index (χ1) is 6.63. The van der Waals surface area contributed by atoms with Crippen molar-refractivity contribution in [3.05, 3.63) is 0 Å². The molecule has 1 fully saturated rings. The van der Waals surface area contributed by atoms with Crippen LogP contribution in [-0.4, -0.2) is 41.5 Å². The van der Waals surface area contributed by atoms with Gasteiger partial charge in [0.2, 0.25) is 0 Å². The first-order valence-electron chi connectivity index (χ1n) is 5.62. The molecule has 0 aromatic carbocycles. The fourth-order valence-corrected chi connectivity index (χ4v) is 2.27. The van der Waals surface area contributed by atoms with Crippen LogP contribution in [0.15, 0.2) is 0 Å². The van der Waals surface area contributed by atoms with E-state index in [0.29, 0.717) is 12.1 Å². The molecule has 14 heavy (non-hydrogen) atoms. The highest BCUT2D eigenvalue weighted by atomic mass is 32.1. The topological polar surface area (TPSA) is 15.3 Å². The summed E-state index contributed by atoms with van der Waals surface area (Å²) in [6, 6.07) is 1.30. The SMILES string of the molecule is CCN(CCC1CC(=S)CN1)C(C)C. The lowest BCUT2D eigenvalue weighted by Crippen LogP contribution is -2.35. The quantitative estimate of drug-likeness (QED) is 0.703. The van der Waals surface area contributed by atoms with Gasteiger partial charge in [-0.3, -0.25) is 0 Å². The Morgan fingerprint density at radius 1 is 1.57 bits per heavy atom. The van der Waals surface area contributed by atoms with Gasteiger partial charge in [0.25, 0.3) is 0 Å². The van der Waals surface area contributed by atoms with Gasteiger partial charge in [0.1, 0.15) is 0 Å². The zero-order chi connectivity index (χ0) is 10.6. The number of thiocarbonyl (C=S) groups is 1. The van der Waals surface area contributed by atoms with Gasteiger partial charge in [0.05, 0.1) is 0 Å². The molecule has 1 N–H and O–H groups in total. The molecule has 0 radical (unpaired) electrons. The van der Waals surface area contributed by atoms with Crippen LogP contribution in [0.3, 0.4) is 0 Å². The molecule has 1 atom stereocenters. The second-order valence-electron chi connectivity index (χ2n) is 4.33. The fourth-order valence-electron chi connectivity index (χ4n) is 1.98. The molecule has 1 aliphatic rings. The van der Waals surface area contributed by atoms with Crippen molar-refractivity contribution < 1.29 is 0 Å². The van der Waals surface area contributed by atoms with Gasteiger partial charge in [0.15, 0.2) is 0 Å². The molecule has 3 heteroatoms. The Balaban J connectivity index is 2.22. The molecule has 0 aliphatic carbocycles. The highest BCUT2D eigenvalue weighted by Crippen LogP contribution is 2.09. The first kappa shape index (κ1) is 12.1. The second-order valence-corrected chi connectivity index (χ2v) is 4.91. The van der Waals surface area contributed by atoms with E-state index in [4.69, 9.17) is 12.2 Å². The van der Waals surface area contributed by atoms with Crippen LogP contribution in [0.4, 0.5) is 0 Å². The molecular formula is C11H22N2S. The molecule has 1 saturated heterocycles. The lowest BCUT2D eigenvalue weighted by molar-refractivity contribution is 0.223. The minimum absolute atomic E-state index is 0.635. The molecule has 1 unspecified atom stereocenters. The van der Waals surface area contributed by atoms with Crippen molar-refractivity contribution >= 4 is 17.1 Å². The van der Waals surface area contributed by atoms with E-state index in [9.17, 15) is 0 Å². The van der Waals surface area contributed by atoms with Gasteiger partial charge in [-0.2, -0.15) is 0 Å². The van der Waals surface area contributed by atoms with E-state index < -0.39 is 0 Å². The van der Waals surface area contributed by atoms with E-state index in [1.807, 2.05) is 0 Å². The summed E-state index contributed by atoms with van der Waals surface area (Å²) in [5, 5.41) is 3.46. The maximum atomic E-state index is 5.18. The molecule has 0 amide bonds. The average Bonchev–Trinajstić information content (AvgIpc) is 2.52. The molecule has 0 spiro atoms. The Morgan fingerprint density at radius 3 is 2.71 bits per heavy atom. The van der Waals surface area contributed by atoms with Crippen LogP contribution in [0.1, 0.15) is 33.6 Å². The second kappa shape index (κ2) is 5.79. The third kappa shape index (κ3) is 3.64. The number of nitrogens with one attached hydrogen (secondary N) is 1. The van der Waals surface area contributed by atoms with Crippen molar-refractivity contribution in [2.45, 2.75) is 45.7 Å². The van der Waals surface area contributed by atoms with Crippen molar-refractivity contribution in [3.63, 3.8) is 0 Å². The van der Waals surface area contributed by atoms with E-state index in [-0.39, 0.29) is 0 Å². The molecule has 82 valence electrons. The Bertz CT molecular complexity index is 192. The highest BCUT2D eigenvalue weighted by molar-refractivity contribution is 7.80. The maximum absolute atomic E-state index is 5.18. The fraction of sp³-hybridized carbons (Fsp3) is 0.909. The predicted octanol–water partition coefficient (Wildman–Crippen LogP) is 1.84. The highest BCUT2D eigenvalue weighted by Gasteiger charge is 2.19. The van der Waals surface area contributed by atoms with Gasteiger partial charge in [-0.15, -0.1) is 0 Å². The van der Waals surface area contributed by atoms with Crippen LogP contribution in [0.25, 0.3) is 0 Å². The van der Waals surface area contributed by atoms with Crippen LogP contribution < -0.4 is 5.32 Å². The number of rotatable bonds is 5. The Kier molecular flexibility index (Phi) is 4.99. The minimum atomic E-state index is 0.635. The van der Waals surface area contributed by atoms with Gasteiger partial charge < -0.3 is 10.2 Å². The average molecular weight is 214 g/mol. The van der Waals surface area contributed by atoms with Gasteiger partial charge in [-0.1, -0.05) is 19.1 Å². The van der Waals surface area contributed by atoms with Crippen LogP contribution >= 0.6 is 12.2 Å². The molecule has 1 aliphatic heterocycles. The van der Waals surface area contributed by atoms with Crippen LogP contribution in [0, 0.1) is 0 Å². The van der Waals surface area contributed by atoms with E-state index in [2.05, 4.69) is 31.0 Å². The number of hydrogen-bond acceptors (Lipinski definition) is 3.